The maximum Gasteiger partial charge on any atom is 0.313 e. The van der Waals surface area contributed by atoms with E-state index in [0.717, 1.165) is 19.3 Å². The van der Waals surface area contributed by atoms with Crippen molar-refractivity contribution in [1.29, 1.82) is 0 Å². The van der Waals surface area contributed by atoms with Crippen LogP contribution in [0.5, 0.6) is 0 Å². The largest absolute Gasteiger partial charge is 0.466 e. The molecule has 3 nitrogen and oxygen atoms in total. The van der Waals surface area contributed by atoms with Gasteiger partial charge in [-0.15, -0.1) is 0 Å². The molecular formula is C12H25NO2. The molecule has 90 valence electrons. The quantitative estimate of drug-likeness (QED) is 0.663. The first-order valence-electron chi connectivity index (χ1n) is 5.93. The average molecular weight is 215 g/mol. The molecule has 0 aromatic rings. The molecule has 2 unspecified atom stereocenters. The minimum Gasteiger partial charge on any atom is -0.466 e. The van der Waals surface area contributed by atoms with Crippen LogP contribution in [0.15, 0.2) is 0 Å². The molecule has 0 aliphatic heterocycles. The van der Waals surface area contributed by atoms with Crippen molar-refractivity contribution in [2.75, 3.05) is 13.2 Å². The van der Waals surface area contributed by atoms with Gasteiger partial charge in [-0.3, -0.25) is 4.79 Å². The second kappa shape index (κ2) is 6.83. The van der Waals surface area contributed by atoms with Crippen LogP contribution in [0.4, 0.5) is 0 Å². The second-order valence-electron chi connectivity index (χ2n) is 4.28. The molecule has 0 fully saturated rings. The minimum atomic E-state index is -0.467. The molecule has 0 aromatic heterocycles. The Morgan fingerprint density at radius 1 is 1.40 bits per heavy atom. The smallest absolute Gasteiger partial charge is 0.313 e. The first kappa shape index (κ1) is 14.4. The van der Waals surface area contributed by atoms with Crippen LogP contribution in [-0.2, 0) is 9.53 Å². The van der Waals surface area contributed by atoms with Crippen LogP contribution in [0.3, 0.4) is 0 Å². The lowest BCUT2D eigenvalue weighted by molar-refractivity contribution is -0.156. The molecule has 15 heavy (non-hydrogen) atoms. The van der Waals surface area contributed by atoms with Gasteiger partial charge >= 0.3 is 5.97 Å². The summed E-state index contributed by atoms with van der Waals surface area (Å²) in [6.07, 6.45) is 2.66. The number of hydrogen-bond donors (Lipinski definition) is 1. The fraction of sp³-hybridized carbons (Fsp3) is 0.917. The molecule has 2 atom stereocenters. The van der Waals surface area contributed by atoms with Crippen LogP contribution in [-0.4, -0.2) is 19.1 Å². The highest BCUT2D eigenvalue weighted by Gasteiger charge is 2.37. The molecular weight excluding hydrogens is 190 g/mol. The van der Waals surface area contributed by atoms with Gasteiger partial charge in [-0.1, -0.05) is 27.2 Å². The molecule has 0 aromatic carbocycles. The fourth-order valence-electron chi connectivity index (χ4n) is 1.78. The van der Waals surface area contributed by atoms with Crippen molar-refractivity contribution in [3.8, 4) is 0 Å². The topological polar surface area (TPSA) is 52.3 Å². The molecule has 0 heterocycles. The van der Waals surface area contributed by atoms with E-state index < -0.39 is 5.41 Å². The molecule has 0 aliphatic rings. The number of rotatable bonds is 7. The molecule has 3 heteroatoms. The SMILES string of the molecule is CCOC(=O)C(CC)(CN)CC(C)CC. The zero-order valence-corrected chi connectivity index (χ0v) is 10.5. The first-order chi connectivity index (χ1) is 7.06. The van der Waals surface area contributed by atoms with Gasteiger partial charge in [0, 0.05) is 6.54 Å². The third kappa shape index (κ3) is 3.82. The Morgan fingerprint density at radius 2 is 2.00 bits per heavy atom. The van der Waals surface area contributed by atoms with Gasteiger partial charge in [0.05, 0.1) is 12.0 Å². The summed E-state index contributed by atoms with van der Waals surface area (Å²) in [7, 11) is 0. The van der Waals surface area contributed by atoms with Gasteiger partial charge in [-0.2, -0.15) is 0 Å². The van der Waals surface area contributed by atoms with Crippen LogP contribution in [0.25, 0.3) is 0 Å². The number of nitrogens with two attached hydrogens (primary N) is 1. The fourth-order valence-corrected chi connectivity index (χ4v) is 1.78. The van der Waals surface area contributed by atoms with Crippen molar-refractivity contribution < 1.29 is 9.53 Å². The van der Waals surface area contributed by atoms with Gasteiger partial charge < -0.3 is 10.5 Å². The lowest BCUT2D eigenvalue weighted by Crippen LogP contribution is -2.40. The maximum atomic E-state index is 11.9. The van der Waals surface area contributed by atoms with E-state index in [9.17, 15) is 4.79 Å². The van der Waals surface area contributed by atoms with E-state index in [-0.39, 0.29) is 5.97 Å². The van der Waals surface area contributed by atoms with E-state index in [4.69, 9.17) is 10.5 Å². The van der Waals surface area contributed by atoms with Crippen LogP contribution in [0, 0.1) is 11.3 Å². The second-order valence-corrected chi connectivity index (χ2v) is 4.28. The molecule has 0 aliphatic carbocycles. The lowest BCUT2D eigenvalue weighted by atomic mass is 9.77. The Hall–Kier alpha value is -0.570. The van der Waals surface area contributed by atoms with Gasteiger partial charge in [0.2, 0.25) is 0 Å². The van der Waals surface area contributed by atoms with Crippen molar-refractivity contribution in [2.24, 2.45) is 17.1 Å². The van der Waals surface area contributed by atoms with Crippen molar-refractivity contribution in [1.82, 2.24) is 0 Å². The summed E-state index contributed by atoms with van der Waals surface area (Å²) in [5.74, 6) is 0.383. The lowest BCUT2D eigenvalue weighted by Gasteiger charge is -2.31. The maximum absolute atomic E-state index is 11.9. The third-order valence-corrected chi connectivity index (χ3v) is 3.21. The van der Waals surface area contributed by atoms with Crippen LogP contribution < -0.4 is 5.73 Å². The zero-order valence-electron chi connectivity index (χ0n) is 10.5. The number of esters is 1. The zero-order chi connectivity index (χ0) is 11.9. The number of carbonyl (C=O) groups excluding carboxylic acids is 1. The van der Waals surface area contributed by atoms with Crippen LogP contribution in [0.2, 0.25) is 0 Å². The molecule has 0 saturated heterocycles. The summed E-state index contributed by atoms with van der Waals surface area (Å²) in [6, 6.07) is 0. The van der Waals surface area contributed by atoms with E-state index in [1.54, 1.807) is 0 Å². The van der Waals surface area contributed by atoms with Gasteiger partial charge in [0.15, 0.2) is 0 Å². The first-order valence-corrected chi connectivity index (χ1v) is 5.93. The predicted octanol–water partition coefficient (Wildman–Crippen LogP) is 2.34. The highest BCUT2D eigenvalue weighted by molar-refractivity contribution is 5.77. The van der Waals surface area contributed by atoms with Crippen LogP contribution in [0.1, 0.15) is 47.0 Å². The van der Waals surface area contributed by atoms with Crippen molar-refractivity contribution in [2.45, 2.75) is 47.0 Å². The van der Waals surface area contributed by atoms with Crippen molar-refractivity contribution >= 4 is 5.97 Å². The summed E-state index contributed by atoms with van der Waals surface area (Å²) < 4.78 is 5.12. The Labute approximate surface area is 93.4 Å². The van der Waals surface area contributed by atoms with Crippen molar-refractivity contribution in [3.63, 3.8) is 0 Å². The standard InChI is InChI=1S/C12H25NO2/c1-5-10(4)8-12(6-2,9-13)11(14)15-7-3/h10H,5-9,13H2,1-4H3. The molecule has 0 spiro atoms. The highest BCUT2D eigenvalue weighted by Crippen LogP contribution is 2.32. The number of carbonyl (C=O) groups is 1. The molecule has 0 radical (unpaired) electrons. The molecule has 2 N–H and O–H groups in total. The number of hydrogen-bond acceptors (Lipinski definition) is 3. The Balaban J connectivity index is 4.63. The highest BCUT2D eigenvalue weighted by atomic mass is 16.5. The third-order valence-electron chi connectivity index (χ3n) is 3.21. The Kier molecular flexibility index (Phi) is 6.57. The summed E-state index contributed by atoms with van der Waals surface area (Å²) in [5.41, 5.74) is 5.28. The van der Waals surface area contributed by atoms with Crippen LogP contribution >= 0.6 is 0 Å². The van der Waals surface area contributed by atoms with E-state index in [0.29, 0.717) is 19.1 Å². The Bertz CT molecular complexity index is 188. The summed E-state index contributed by atoms with van der Waals surface area (Å²) >= 11 is 0. The monoisotopic (exact) mass is 215 g/mol. The van der Waals surface area contributed by atoms with Gasteiger partial charge in [0.25, 0.3) is 0 Å². The summed E-state index contributed by atoms with van der Waals surface area (Å²) in [6.45, 7) is 8.93. The average Bonchev–Trinajstić information content (AvgIpc) is 2.26. The summed E-state index contributed by atoms with van der Waals surface area (Å²) in [4.78, 5) is 11.9. The number of ether oxygens (including phenoxy) is 1. The van der Waals surface area contributed by atoms with E-state index in [1.165, 1.54) is 0 Å². The van der Waals surface area contributed by atoms with E-state index in [2.05, 4.69) is 13.8 Å². The minimum absolute atomic E-state index is 0.129. The van der Waals surface area contributed by atoms with E-state index in [1.807, 2.05) is 13.8 Å². The van der Waals surface area contributed by atoms with Crippen molar-refractivity contribution in [3.05, 3.63) is 0 Å². The molecule has 0 amide bonds. The molecule has 0 rings (SSSR count). The van der Waals surface area contributed by atoms with Gasteiger partial charge in [0.1, 0.15) is 0 Å². The van der Waals surface area contributed by atoms with Gasteiger partial charge in [-0.25, -0.2) is 0 Å². The normalized spacial score (nSPS) is 16.9. The molecule has 0 bridgehead atoms. The van der Waals surface area contributed by atoms with E-state index >= 15 is 0 Å². The van der Waals surface area contributed by atoms with Gasteiger partial charge in [-0.05, 0) is 25.7 Å². The summed E-state index contributed by atoms with van der Waals surface area (Å²) in [5, 5.41) is 0. The molecule has 0 saturated carbocycles. The Morgan fingerprint density at radius 3 is 2.33 bits per heavy atom. The predicted molar refractivity (Wildman–Crippen MR) is 62.5 cm³/mol.